The molecule has 0 aromatic heterocycles. The van der Waals surface area contributed by atoms with Gasteiger partial charge in [-0.15, -0.1) is 0 Å². The van der Waals surface area contributed by atoms with E-state index in [0.29, 0.717) is 25.0 Å². The lowest BCUT2D eigenvalue weighted by Gasteiger charge is -2.51. The van der Waals surface area contributed by atoms with Gasteiger partial charge in [-0.05, 0) is 36.3 Å². The summed E-state index contributed by atoms with van der Waals surface area (Å²) in [4.78, 5) is 10.3. The van der Waals surface area contributed by atoms with Crippen LogP contribution in [0.5, 0.6) is 0 Å². The first kappa shape index (κ1) is 17.3. The molecule has 1 aromatic rings. The van der Waals surface area contributed by atoms with Crippen LogP contribution in [0.3, 0.4) is 0 Å². The average molecular weight is 353 g/mol. The molecule has 2 heterocycles. The Morgan fingerprint density at radius 2 is 1.79 bits per heavy atom. The van der Waals surface area contributed by atoms with Crippen molar-refractivity contribution in [2.45, 2.75) is 37.6 Å². The molecule has 0 aliphatic carbocycles. The van der Waals surface area contributed by atoms with Gasteiger partial charge in [-0.2, -0.15) is 4.31 Å². The number of hydrogen-bond acceptors (Lipinski definition) is 5. The number of non-ortho nitro benzene ring substituents is 1. The van der Waals surface area contributed by atoms with E-state index in [4.69, 9.17) is 0 Å². The first-order valence-electron chi connectivity index (χ1n) is 8.20. The van der Waals surface area contributed by atoms with Crippen LogP contribution in [0, 0.1) is 21.4 Å². The molecule has 1 atom stereocenters. The molecule has 7 nitrogen and oxygen atoms in total. The van der Waals surface area contributed by atoms with Crippen molar-refractivity contribution in [2.24, 2.45) is 11.3 Å². The predicted octanol–water partition coefficient (Wildman–Crippen LogP) is 1.99. The summed E-state index contributed by atoms with van der Waals surface area (Å²) < 4.78 is 26.9. The van der Waals surface area contributed by atoms with Crippen molar-refractivity contribution >= 4 is 15.7 Å². The first-order chi connectivity index (χ1) is 11.2. The van der Waals surface area contributed by atoms with Crippen molar-refractivity contribution in [3.05, 3.63) is 34.4 Å². The van der Waals surface area contributed by atoms with Gasteiger partial charge in [-0.1, -0.05) is 13.8 Å². The lowest BCUT2D eigenvalue weighted by molar-refractivity contribution is -0.384. The second kappa shape index (κ2) is 6.09. The number of nitro groups is 1. The SMILES string of the molecule is CC1(C)CNC1C1CCN(S(=O)(=O)c2ccc([N+](=O)[O-])cc2)CC1. The topological polar surface area (TPSA) is 92.6 Å². The molecule has 24 heavy (non-hydrogen) atoms. The summed E-state index contributed by atoms with van der Waals surface area (Å²) in [7, 11) is -3.58. The Hall–Kier alpha value is -1.51. The lowest BCUT2D eigenvalue weighted by atomic mass is 9.69. The third kappa shape index (κ3) is 3.05. The number of nitrogens with zero attached hydrogens (tertiary/aromatic N) is 2. The van der Waals surface area contributed by atoms with Gasteiger partial charge in [0, 0.05) is 37.8 Å². The molecule has 1 N–H and O–H groups in total. The second-order valence-corrected chi connectivity index (χ2v) is 9.28. The molecule has 132 valence electrons. The third-order valence-electron chi connectivity index (χ3n) is 5.27. The van der Waals surface area contributed by atoms with E-state index in [2.05, 4.69) is 19.2 Å². The number of rotatable bonds is 4. The summed E-state index contributed by atoms with van der Waals surface area (Å²) in [6.45, 7) is 6.50. The fourth-order valence-electron chi connectivity index (χ4n) is 3.77. The van der Waals surface area contributed by atoms with E-state index in [1.54, 1.807) is 0 Å². The van der Waals surface area contributed by atoms with E-state index in [9.17, 15) is 18.5 Å². The molecule has 0 radical (unpaired) electrons. The predicted molar refractivity (Wildman–Crippen MR) is 90.2 cm³/mol. The fourth-order valence-corrected chi connectivity index (χ4v) is 5.24. The van der Waals surface area contributed by atoms with Crippen LogP contribution in [0.15, 0.2) is 29.2 Å². The van der Waals surface area contributed by atoms with Crippen LogP contribution >= 0.6 is 0 Å². The zero-order valence-electron chi connectivity index (χ0n) is 13.9. The summed E-state index contributed by atoms with van der Waals surface area (Å²) in [6, 6.07) is 5.56. The van der Waals surface area contributed by atoms with Crippen LogP contribution < -0.4 is 5.32 Å². The van der Waals surface area contributed by atoms with Gasteiger partial charge in [0.15, 0.2) is 0 Å². The smallest absolute Gasteiger partial charge is 0.269 e. The van der Waals surface area contributed by atoms with Gasteiger partial charge in [-0.3, -0.25) is 10.1 Å². The van der Waals surface area contributed by atoms with E-state index in [-0.39, 0.29) is 16.0 Å². The van der Waals surface area contributed by atoms with Gasteiger partial charge in [-0.25, -0.2) is 8.42 Å². The number of sulfonamides is 1. The third-order valence-corrected chi connectivity index (χ3v) is 7.19. The Morgan fingerprint density at radius 3 is 2.21 bits per heavy atom. The fraction of sp³-hybridized carbons (Fsp3) is 0.625. The Labute approximate surface area is 142 Å². The van der Waals surface area contributed by atoms with Crippen LogP contribution in [0.2, 0.25) is 0 Å². The Morgan fingerprint density at radius 1 is 1.21 bits per heavy atom. The summed E-state index contributed by atoms with van der Waals surface area (Å²) in [5.74, 6) is 0.497. The number of nitrogens with one attached hydrogen (secondary N) is 1. The molecular formula is C16H23N3O4S. The van der Waals surface area contributed by atoms with Gasteiger partial charge in [0.05, 0.1) is 9.82 Å². The van der Waals surface area contributed by atoms with E-state index in [1.165, 1.54) is 28.6 Å². The zero-order valence-corrected chi connectivity index (χ0v) is 14.8. The quantitative estimate of drug-likeness (QED) is 0.660. The van der Waals surface area contributed by atoms with E-state index < -0.39 is 14.9 Å². The first-order valence-corrected chi connectivity index (χ1v) is 9.64. The monoisotopic (exact) mass is 353 g/mol. The molecule has 2 fully saturated rings. The number of piperidine rings is 1. The maximum absolute atomic E-state index is 12.7. The van der Waals surface area contributed by atoms with Crippen LogP contribution in [-0.4, -0.2) is 43.3 Å². The molecule has 2 aliphatic heterocycles. The molecule has 3 rings (SSSR count). The van der Waals surface area contributed by atoms with Crippen LogP contribution in [-0.2, 0) is 10.0 Å². The minimum Gasteiger partial charge on any atom is -0.313 e. The Balaban J connectivity index is 1.67. The second-order valence-electron chi connectivity index (χ2n) is 7.34. The average Bonchev–Trinajstić information content (AvgIpc) is 2.54. The summed E-state index contributed by atoms with van der Waals surface area (Å²) in [5.41, 5.74) is 0.176. The van der Waals surface area contributed by atoms with Gasteiger partial charge < -0.3 is 5.32 Å². The minimum atomic E-state index is -3.58. The van der Waals surface area contributed by atoms with Gasteiger partial charge in [0.2, 0.25) is 10.0 Å². The van der Waals surface area contributed by atoms with Gasteiger partial charge in [0.25, 0.3) is 5.69 Å². The van der Waals surface area contributed by atoms with Crippen molar-refractivity contribution in [3.8, 4) is 0 Å². The Bertz CT molecular complexity index is 722. The van der Waals surface area contributed by atoms with Gasteiger partial charge in [0.1, 0.15) is 0 Å². The van der Waals surface area contributed by atoms with E-state index in [1.807, 2.05) is 0 Å². The zero-order chi connectivity index (χ0) is 17.5. The molecule has 2 aliphatic rings. The highest BCUT2D eigenvalue weighted by molar-refractivity contribution is 7.89. The van der Waals surface area contributed by atoms with Crippen molar-refractivity contribution in [1.82, 2.24) is 9.62 Å². The number of benzene rings is 1. The highest BCUT2D eigenvalue weighted by atomic mass is 32.2. The minimum absolute atomic E-state index is 0.106. The molecule has 0 amide bonds. The molecule has 1 unspecified atom stereocenters. The van der Waals surface area contributed by atoms with Crippen LogP contribution in [0.4, 0.5) is 5.69 Å². The van der Waals surface area contributed by atoms with Gasteiger partial charge >= 0.3 is 0 Å². The molecule has 0 bridgehead atoms. The summed E-state index contributed by atoms with van der Waals surface area (Å²) in [5, 5.41) is 14.2. The number of nitro benzene ring substituents is 1. The van der Waals surface area contributed by atoms with Crippen molar-refractivity contribution < 1.29 is 13.3 Å². The van der Waals surface area contributed by atoms with E-state index in [0.717, 1.165) is 19.4 Å². The largest absolute Gasteiger partial charge is 0.313 e. The van der Waals surface area contributed by atoms with E-state index >= 15 is 0 Å². The molecule has 0 saturated carbocycles. The van der Waals surface area contributed by atoms with Crippen molar-refractivity contribution in [3.63, 3.8) is 0 Å². The lowest BCUT2D eigenvalue weighted by Crippen LogP contribution is -2.63. The molecular weight excluding hydrogens is 330 g/mol. The highest BCUT2D eigenvalue weighted by Gasteiger charge is 2.44. The van der Waals surface area contributed by atoms with Crippen molar-refractivity contribution in [2.75, 3.05) is 19.6 Å². The molecule has 2 saturated heterocycles. The van der Waals surface area contributed by atoms with Crippen LogP contribution in [0.25, 0.3) is 0 Å². The number of hydrogen-bond donors (Lipinski definition) is 1. The maximum Gasteiger partial charge on any atom is 0.269 e. The molecule has 1 aromatic carbocycles. The maximum atomic E-state index is 12.7. The highest BCUT2D eigenvalue weighted by Crippen LogP contribution is 2.38. The normalized spacial score (nSPS) is 25.2. The molecule has 0 spiro atoms. The standard InChI is InChI=1S/C16H23N3O4S/c1-16(2)11-17-15(16)12-7-9-18(10-8-12)24(22,23)14-5-3-13(4-6-14)19(20)21/h3-6,12,15,17H,7-11H2,1-2H3. The summed E-state index contributed by atoms with van der Waals surface area (Å²) >= 11 is 0. The van der Waals surface area contributed by atoms with Crippen LogP contribution in [0.1, 0.15) is 26.7 Å². The molecule has 8 heteroatoms. The van der Waals surface area contributed by atoms with Crippen molar-refractivity contribution in [1.29, 1.82) is 0 Å². The Kier molecular flexibility index (Phi) is 4.39. The summed E-state index contributed by atoms with van der Waals surface area (Å²) in [6.07, 6.45) is 1.68.